The van der Waals surface area contributed by atoms with Crippen molar-refractivity contribution in [1.82, 2.24) is 10.2 Å². The third-order valence-corrected chi connectivity index (χ3v) is 4.72. The van der Waals surface area contributed by atoms with Gasteiger partial charge in [0.05, 0.1) is 12.3 Å². The van der Waals surface area contributed by atoms with Crippen LogP contribution in [0.15, 0.2) is 47.1 Å². The van der Waals surface area contributed by atoms with Crippen LogP contribution < -0.4 is 10.6 Å². The molecule has 0 bridgehead atoms. The van der Waals surface area contributed by atoms with E-state index in [9.17, 15) is 0 Å². The number of rotatable bonds is 5. The van der Waals surface area contributed by atoms with Crippen molar-refractivity contribution in [3.8, 4) is 0 Å². The van der Waals surface area contributed by atoms with E-state index in [0.717, 1.165) is 24.5 Å². The molecule has 2 heterocycles. The fourth-order valence-electron chi connectivity index (χ4n) is 3.05. The molecule has 1 fully saturated rings. The van der Waals surface area contributed by atoms with E-state index in [-0.39, 0.29) is 6.04 Å². The van der Waals surface area contributed by atoms with Gasteiger partial charge in [0.15, 0.2) is 5.11 Å². The van der Waals surface area contributed by atoms with E-state index < -0.39 is 0 Å². The fourth-order valence-corrected chi connectivity index (χ4v) is 3.44. The van der Waals surface area contributed by atoms with Crippen molar-refractivity contribution in [2.24, 2.45) is 0 Å². The van der Waals surface area contributed by atoms with Crippen LogP contribution in [-0.4, -0.2) is 29.6 Å². The molecule has 0 radical (unpaired) electrons. The minimum Gasteiger partial charge on any atom is -0.468 e. The lowest BCUT2D eigenvalue weighted by atomic mass is 10.1. The number of hydrogen-bond acceptors (Lipinski definition) is 3. The van der Waals surface area contributed by atoms with Gasteiger partial charge in [-0.3, -0.25) is 4.90 Å². The average molecular weight is 364 g/mol. The highest BCUT2D eigenvalue weighted by Gasteiger charge is 2.24. The van der Waals surface area contributed by atoms with Gasteiger partial charge >= 0.3 is 0 Å². The Labute approximate surface area is 153 Å². The van der Waals surface area contributed by atoms with E-state index in [1.54, 1.807) is 6.26 Å². The predicted octanol–water partition coefficient (Wildman–Crippen LogP) is 4.45. The van der Waals surface area contributed by atoms with Gasteiger partial charge in [0, 0.05) is 17.3 Å². The summed E-state index contributed by atoms with van der Waals surface area (Å²) in [5, 5.41) is 7.76. The van der Waals surface area contributed by atoms with Crippen LogP contribution in [0.5, 0.6) is 0 Å². The molecule has 1 aromatic carbocycles. The summed E-state index contributed by atoms with van der Waals surface area (Å²) in [4.78, 5) is 2.47. The molecule has 2 N–H and O–H groups in total. The lowest BCUT2D eigenvalue weighted by Crippen LogP contribution is -2.41. The van der Waals surface area contributed by atoms with Crippen molar-refractivity contribution in [2.45, 2.75) is 25.3 Å². The first-order valence-corrected chi connectivity index (χ1v) is 9.09. The number of anilines is 1. The smallest absolute Gasteiger partial charge is 0.170 e. The summed E-state index contributed by atoms with van der Waals surface area (Å²) >= 11 is 11.4. The molecule has 1 aliphatic rings. The van der Waals surface area contributed by atoms with Gasteiger partial charge in [-0.05, 0) is 68.5 Å². The van der Waals surface area contributed by atoms with Crippen LogP contribution in [0.2, 0.25) is 5.02 Å². The van der Waals surface area contributed by atoms with E-state index in [4.69, 9.17) is 28.2 Å². The first-order chi connectivity index (χ1) is 11.7. The number of thiocarbonyl (C=S) groups is 1. The molecule has 4 nitrogen and oxygen atoms in total. The van der Waals surface area contributed by atoms with Crippen LogP contribution in [0.3, 0.4) is 0 Å². The highest BCUT2D eigenvalue weighted by Crippen LogP contribution is 2.24. The normalized spacial score (nSPS) is 16.5. The highest BCUT2D eigenvalue weighted by molar-refractivity contribution is 7.80. The summed E-state index contributed by atoms with van der Waals surface area (Å²) in [6.07, 6.45) is 5.52. The van der Waals surface area contributed by atoms with Crippen LogP contribution in [-0.2, 0) is 0 Å². The van der Waals surface area contributed by atoms with Crippen LogP contribution >= 0.6 is 23.8 Å². The molecule has 3 rings (SSSR count). The molecular formula is C18H22ClN3OS. The third kappa shape index (κ3) is 4.72. The zero-order valence-electron chi connectivity index (χ0n) is 13.5. The molecule has 0 amide bonds. The molecule has 1 aliphatic heterocycles. The monoisotopic (exact) mass is 363 g/mol. The number of hydrogen-bond donors (Lipinski definition) is 2. The maximum Gasteiger partial charge on any atom is 0.170 e. The Hall–Kier alpha value is -1.56. The maximum atomic E-state index is 6.00. The molecule has 2 aromatic rings. The summed E-state index contributed by atoms with van der Waals surface area (Å²) in [6.45, 7) is 2.91. The molecule has 0 aliphatic carbocycles. The Kier molecular flexibility index (Phi) is 6.12. The quantitative estimate of drug-likeness (QED) is 0.768. The zero-order valence-corrected chi connectivity index (χ0v) is 15.1. The largest absolute Gasteiger partial charge is 0.468 e. The summed E-state index contributed by atoms with van der Waals surface area (Å²) in [5.41, 5.74) is 0.882. The van der Waals surface area contributed by atoms with Gasteiger partial charge in [0.1, 0.15) is 5.76 Å². The van der Waals surface area contributed by atoms with Crippen molar-refractivity contribution in [3.05, 3.63) is 53.4 Å². The van der Waals surface area contributed by atoms with E-state index in [1.165, 1.54) is 19.3 Å². The van der Waals surface area contributed by atoms with Gasteiger partial charge in [-0.1, -0.05) is 24.1 Å². The summed E-state index contributed by atoms with van der Waals surface area (Å²) in [5.74, 6) is 0.981. The Morgan fingerprint density at radius 3 is 2.75 bits per heavy atom. The van der Waals surface area contributed by atoms with Gasteiger partial charge in [-0.2, -0.15) is 0 Å². The number of likely N-dealkylation sites (tertiary alicyclic amines) is 1. The van der Waals surface area contributed by atoms with Crippen molar-refractivity contribution in [1.29, 1.82) is 0 Å². The molecule has 24 heavy (non-hydrogen) atoms. The van der Waals surface area contributed by atoms with Crippen LogP contribution in [0.25, 0.3) is 0 Å². The Balaban J connectivity index is 1.59. The Morgan fingerprint density at radius 2 is 2.04 bits per heavy atom. The van der Waals surface area contributed by atoms with Gasteiger partial charge in [-0.25, -0.2) is 0 Å². The van der Waals surface area contributed by atoms with Gasteiger partial charge in [0.2, 0.25) is 0 Å². The minimum atomic E-state index is 0.194. The van der Waals surface area contributed by atoms with E-state index in [1.807, 2.05) is 36.4 Å². The van der Waals surface area contributed by atoms with Crippen molar-refractivity contribution in [2.75, 3.05) is 25.0 Å². The summed E-state index contributed by atoms with van der Waals surface area (Å²) in [7, 11) is 0. The SMILES string of the molecule is S=C(NC[C@H](c1ccco1)N1CCCCC1)Nc1cccc(Cl)c1. The third-order valence-electron chi connectivity index (χ3n) is 4.24. The Bertz CT molecular complexity index is 656. The molecule has 1 aromatic heterocycles. The second-order valence-corrected chi connectivity index (χ2v) is 6.82. The van der Waals surface area contributed by atoms with Crippen molar-refractivity contribution < 1.29 is 4.42 Å². The van der Waals surface area contributed by atoms with Crippen LogP contribution in [0, 0.1) is 0 Å². The van der Waals surface area contributed by atoms with E-state index >= 15 is 0 Å². The fraction of sp³-hybridized carbons (Fsp3) is 0.389. The molecule has 1 saturated heterocycles. The molecular weight excluding hydrogens is 342 g/mol. The first kappa shape index (κ1) is 17.3. The van der Waals surface area contributed by atoms with E-state index in [2.05, 4.69) is 15.5 Å². The Morgan fingerprint density at radius 1 is 1.21 bits per heavy atom. The summed E-state index contributed by atoms with van der Waals surface area (Å²) in [6, 6.07) is 11.7. The van der Waals surface area contributed by atoms with Crippen LogP contribution in [0.4, 0.5) is 5.69 Å². The molecule has 0 unspecified atom stereocenters. The molecule has 0 spiro atoms. The maximum absolute atomic E-state index is 6.00. The minimum absolute atomic E-state index is 0.194. The number of halogens is 1. The number of furan rings is 1. The van der Waals surface area contributed by atoms with Gasteiger partial charge in [0.25, 0.3) is 0 Å². The molecule has 6 heteroatoms. The van der Waals surface area contributed by atoms with Crippen molar-refractivity contribution >= 4 is 34.6 Å². The highest BCUT2D eigenvalue weighted by atomic mass is 35.5. The standard InChI is InChI=1S/C18H22ClN3OS/c19-14-6-4-7-15(12-14)21-18(24)20-13-16(17-8-5-11-23-17)22-9-2-1-3-10-22/h4-8,11-12,16H,1-3,9-10,13H2,(H2,20,21,24)/t16-/m1/s1. The van der Waals surface area contributed by atoms with Crippen LogP contribution in [0.1, 0.15) is 31.1 Å². The van der Waals surface area contributed by atoms with E-state index in [0.29, 0.717) is 16.7 Å². The van der Waals surface area contributed by atoms with Gasteiger partial charge in [-0.15, -0.1) is 0 Å². The lowest BCUT2D eigenvalue weighted by molar-refractivity contribution is 0.146. The molecule has 0 saturated carbocycles. The summed E-state index contributed by atoms with van der Waals surface area (Å²) < 4.78 is 5.65. The first-order valence-electron chi connectivity index (χ1n) is 8.30. The molecule has 1 atom stereocenters. The number of nitrogens with one attached hydrogen (secondary N) is 2. The number of nitrogens with zero attached hydrogens (tertiary/aromatic N) is 1. The second kappa shape index (κ2) is 8.51. The second-order valence-electron chi connectivity index (χ2n) is 5.97. The topological polar surface area (TPSA) is 40.4 Å². The number of piperidine rings is 1. The average Bonchev–Trinajstić information content (AvgIpc) is 3.10. The van der Waals surface area contributed by atoms with Gasteiger partial charge < -0.3 is 15.1 Å². The molecule has 128 valence electrons. The zero-order chi connectivity index (χ0) is 16.8. The predicted molar refractivity (Wildman–Crippen MR) is 103 cm³/mol. The number of benzene rings is 1. The lowest BCUT2D eigenvalue weighted by Gasteiger charge is -2.33. The van der Waals surface area contributed by atoms with Crippen molar-refractivity contribution in [3.63, 3.8) is 0 Å².